The quantitative estimate of drug-likeness (QED) is 0.814. The number of carbonyl (C=O) groups excluding carboxylic acids is 1. The number of hydrogen-bond acceptors (Lipinski definition) is 3. The molecule has 0 saturated heterocycles. The Bertz CT molecular complexity index is 486. The van der Waals surface area contributed by atoms with Crippen molar-refractivity contribution in [2.24, 2.45) is 0 Å². The van der Waals surface area contributed by atoms with Gasteiger partial charge in [0.2, 0.25) is 0 Å². The summed E-state index contributed by atoms with van der Waals surface area (Å²) < 4.78 is 4.72. The predicted molar refractivity (Wildman–Crippen MR) is 71.1 cm³/mol. The van der Waals surface area contributed by atoms with Crippen molar-refractivity contribution >= 4 is 23.7 Å². The molecule has 0 fully saturated rings. The van der Waals surface area contributed by atoms with Gasteiger partial charge in [-0.25, -0.2) is 9.59 Å². The van der Waals surface area contributed by atoms with Gasteiger partial charge in [0, 0.05) is 5.02 Å². The van der Waals surface area contributed by atoms with E-state index in [1.54, 1.807) is 12.1 Å². The van der Waals surface area contributed by atoms with Crippen LogP contribution in [-0.4, -0.2) is 23.8 Å². The number of aliphatic carboxylic acids is 1. The number of carboxylic acids is 1. The molecule has 1 aromatic carbocycles. The van der Waals surface area contributed by atoms with E-state index >= 15 is 0 Å². The van der Waals surface area contributed by atoms with Crippen LogP contribution in [0.1, 0.15) is 12.5 Å². The summed E-state index contributed by atoms with van der Waals surface area (Å²) in [5.41, 5.74) is -1.21. The lowest BCUT2D eigenvalue weighted by molar-refractivity contribution is -0.144. The van der Waals surface area contributed by atoms with Crippen molar-refractivity contribution in [2.45, 2.75) is 12.5 Å². The second-order valence-corrected chi connectivity index (χ2v) is 4.39. The Kier molecular flexibility index (Phi) is 4.94. The number of halogens is 1. The first kappa shape index (κ1) is 15.0. The third kappa shape index (κ3) is 3.72. The van der Waals surface area contributed by atoms with Gasteiger partial charge in [-0.3, -0.25) is 0 Å². The summed E-state index contributed by atoms with van der Waals surface area (Å²) in [6.45, 7) is 4.77. The number of carboxylic acid groups (broad SMARTS) is 1. The summed E-state index contributed by atoms with van der Waals surface area (Å²) in [4.78, 5) is 22.9. The van der Waals surface area contributed by atoms with E-state index in [1.807, 2.05) is 0 Å². The fraction of sp³-hybridized carbons (Fsp3) is 0.231. The molecule has 0 aliphatic heterocycles. The largest absolute Gasteiger partial charge is 0.479 e. The van der Waals surface area contributed by atoms with E-state index in [0.29, 0.717) is 10.6 Å². The molecule has 0 aliphatic carbocycles. The van der Waals surface area contributed by atoms with Gasteiger partial charge in [0.15, 0.2) is 5.54 Å². The lowest BCUT2D eigenvalue weighted by Crippen LogP contribution is -2.49. The minimum atomic E-state index is -1.59. The fourth-order valence-electron chi connectivity index (χ4n) is 1.41. The van der Waals surface area contributed by atoms with Crippen molar-refractivity contribution in [3.63, 3.8) is 0 Å². The first-order valence-corrected chi connectivity index (χ1v) is 5.83. The molecule has 1 rings (SSSR count). The molecule has 6 heteroatoms. The number of hydrogen-bond donors (Lipinski definition) is 2. The van der Waals surface area contributed by atoms with Crippen molar-refractivity contribution in [3.05, 3.63) is 47.5 Å². The topological polar surface area (TPSA) is 75.6 Å². The van der Waals surface area contributed by atoms with Crippen LogP contribution in [0.5, 0.6) is 0 Å². The number of ether oxygens (including phenoxy) is 1. The van der Waals surface area contributed by atoms with Crippen LogP contribution in [0.4, 0.5) is 4.79 Å². The summed E-state index contributed by atoms with van der Waals surface area (Å²) in [5, 5.41) is 12.1. The highest BCUT2D eigenvalue weighted by Crippen LogP contribution is 2.23. The Labute approximate surface area is 115 Å². The monoisotopic (exact) mass is 283 g/mol. The van der Waals surface area contributed by atoms with Gasteiger partial charge in [0.05, 0.1) is 0 Å². The van der Waals surface area contributed by atoms with Crippen molar-refractivity contribution in [3.8, 4) is 0 Å². The zero-order valence-corrected chi connectivity index (χ0v) is 11.1. The average molecular weight is 284 g/mol. The molecule has 1 amide bonds. The van der Waals surface area contributed by atoms with Crippen LogP contribution in [0, 0.1) is 0 Å². The van der Waals surface area contributed by atoms with Gasteiger partial charge in [-0.2, -0.15) is 0 Å². The lowest BCUT2D eigenvalue weighted by Gasteiger charge is -2.26. The molecule has 0 aromatic heterocycles. The van der Waals surface area contributed by atoms with E-state index in [4.69, 9.17) is 16.3 Å². The summed E-state index contributed by atoms with van der Waals surface area (Å²) in [5.74, 6) is -1.20. The molecule has 0 saturated carbocycles. The molecule has 0 spiro atoms. The Morgan fingerprint density at radius 1 is 1.47 bits per heavy atom. The number of rotatable bonds is 5. The minimum absolute atomic E-state index is 0.00213. The molecule has 0 bridgehead atoms. The molecule has 1 atom stereocenters. The highest BCUT2D eigenvalue weighted by atomic mass is 35.5. The van der Waals surface area contributed by atoms with Crippen LogP contribution in [-0.2, 0) is 15.1 Å². The third-order valence-corrected chi connectivity index (χ3v) is 2.79. The van der Waals surface area contributed by atoms with E-state index < -0.39 is 17.6 Å². The maximum absolute atomic E-state index is 11.5. The maximum Gasteiger partial charge on any atom is 0.408 e. The number of nitrogens with one attached hydrogen (secondary N) is 1. The molecule has 5 nitrogen and oxygen atoms in total. The number of amides is 1. The molecule has 1 aromatic rings. The molecule has 102 valence electrons. The van der Waals surface area contributed by atoms with Gasteiger partial charge in [-0.1, -0.05) is 36.4 Å². The fourth-order valence-corrected chi connectivity index (χ4v) is 1.53. The molecule has 1 unspecified atom stereocenters. The van der Waals surface area contributed by atoms with Gasteiger partial charge < -0.3 is 15.2 Å². The van der Waals surface area contributed by atoms with Crippen LogP contribution < -0.4 is 5.32 Å². The SMILES string of the molecule is C=CCOC(=O)NC(C)(C(=O)O)c1ccc(Cl)cc1. The number of alkyl carbamates (subject to hydrolysis) is 1. The van der Waals surface area contributed by atoms with Crippen LogP contribution in [0.15, 0.2) is 36.9 Å². The summed E-state index contributed by atoms with van der Waals surface area (Å²) in [6.07, 6.45) is 0.555. The predicted octanol–water partition coefficient (Wildman–Crippen LogP) is 2.55. The Morgan fingerprint density at radius 3 is 2.53 bits per heavy atom. The normalized spacial score (nSPS) is 13.2. The van der Waals surface area contributed by atoms with E-state index in [1.165, 1.54) is 25.1 Å². The van der Waals surface area contributed by atoms with Gasteiger partial charge >= 0.3 is 12.1 Å². The molecular formula is C13H14ClNO4. The molecule has 19 heavy (non-hydrogen) atoms. The lowest BCUT2D eigenvalue weighted by atomic mass is 9.92. The van der Waals surface area contributed by atoms with Crippen LogP contribution in [0.25, 0.3) is 0 Å². The third-order valence-electron chi connectivity index (χ3n) is 2.53. The molecule has 0 radical (unpaired) electrons. The molecule has 2 N–H and O–H groups in total. The van der Waals surface area contributed by atoms with Crippen molar-refractivity contribution in [2.75, 3.05) is 6.61 Å². The van der Waals surface area contributed by atoms with Gasteiger partial charge in [0.25, 0.3) is 0 Å². The van der Waals surface area contributed by atoms with Crippen molar-refractivity contribution in [1.82, 2.24) is 5.32 Å². The van der Waals surface area contributed by atoms with Gasteiger partial charge in [-0.15, -0.1) is 0 Å². The van der Waals surface area contributed by atoms with Crippen LogP contribution in [0.2, 0.25) is 5.02 Å². The first-order valence-electron chi connectivity index (χ1n) is 5.45. The summed E-state index contributed by atoms with van der Waals surface area (Å²) in [7, 11) is 0. The Hall–Kier alpha value is -2.01. The van der Waals surface area contributed by atoms with E-state index in [0.717, 1.165) is 0 Å². The zero-order valence-electron chi connectivity index (χ0n) is 10.4. The molecule has 0 aliphatic rings. The minimum Gasteiger partial charge on any atom is -0.479 e. The average Bonchev–Trinajstić information content (AvgIpc) is 2.36. The Morgan fingerprint density at radius 2 is 2.05 bits per heavy atom. The highest BCUT2D eigenvalue weighted by Gasteiger charge is 2.37. The van der Waals surface area contributed by atoms with E-state index in [2.05, 4.69) is 11.9 Å². The van der Waals surface area contributed by atoms with Gasteiger partial charge in [0.1, 0.15) is 6.61 Å². The maximum atomic E-state index is 11.5. The number of carbonyl (C=O) groups is 2. The highest BCUT2D eigenvalue weighted by molar-refractivity contribution is 6.30. The summed E-state index contributed by atoms with van der Waals surface area (Å²) in [6, 6.07) is 6.16. The zero-order chi connectivity index (χ0) is 14.5. The smallest absolute Gasteiger partial charge is 0.408 e. The molecular weight excluding hydrogens is 270 g/mol. The van der Waals surface area contributed by atoms with Crippen molar-refractivity contribution in [1.29, 1.82) is 0 Å². The summed E-state index contributed by atoms with van der Waals surface area (Å²) >= 11 is 5.75. The molecule has 0 heterocycles. The van der Waals surface area contributed by atoms with Crippen LogP contribution in [0.3, 0.4) is 0 Å². The van der Waals surface area contributed by atoms with E-state index in [9.17, 15) is 14.7 Å². The van der Waals surface area contributed by atoms with Crippen LogP contribution >= 0.6 is 11.6 Å². The van der Waals surface area contributed by atoms with Gasteiger partial charge in [-0.05, 0) is 24.6 Å². The first-order chi connectivity index (χ1) is 8.90. The number of benzene rings is 1. The van der Waals surface area contributed by atoms with E-state index in [-0.39, 0.29) is 6.61 Å². The van der Waals surface area contributed by atoms with Crippen molar-refractivity contribution < 1.29 is 19.4 Å². The second-order valence-electron chi connectivity index (χ2n) is 3.95. The Balaban J connectivity index is 2.97. The second kappa shape index (κ2) is 6.24. The standard InChI is InChI=1S/C13H14ClNO4/c1-3-8-19-12(18)15-13(2,11(16)17)9-4-6-10(14)7-5-9/h3-7H,1,8H2,2H3,(H,15,18)(H,16,17).